The van der Waals surface area contributed by atoms with Crippen molar-refractivity contribution in [2.75, 3.05) is 19.0 Å². The summed E-state index contributed by atoms with van der Waals surface area (Å²) in [7, 11) is 3.73. The van der Waals surface area contributed by atoms with Gasteiger partial charge < -0.3 is 4.90 Å². The minimum absolute atomic E-state index is 0.119. The van der Waals surface area contributed by atoms with Crippen LogP contribution < -0.4 is 4.90 Å². The molecule has 1 aliphatic heterocycles. The maximum absolute atomic E-state index is 12.5. The molecule has 1 heterocycles. The van der Waals surface area contributed by atoms with E-state index in [1.165, 1.54) is 4.90 Å². The van der Waals surface area contributed by atoms with E-state index in [-0.39, 0.29) is 11.8 Å². The maximum atomic E-state index is 12.5. The Kier molecular flexibility index (Phi) is 4.23. The molecule has 0 aliphatic carbocycles. The molecule has 0 saturated carbocycles. The second-order valence-electron chi connectivity index (χ2n) is 5.16. The number of imide groups is 1. The van der Waals surface area contributed by atoms with Gasteiger partial charge in [-0.2, -0.15) is 0 Å². The van der Waals surface area contributed by atoms with Crippen LogP contribution in [0.4, 0.5) is 5.69 Å². The molecule has 0 saturated heterocycles. The molecule has 1 aliphatic rings. The zero-order valence-electron chi connectivity index (χ0n) is 12.2. The van der Waals surface area contributed by atoms with Crippen LogP contribution in [0.25, 0.3) is 5.57 Å². The van der Waals surface area contributed by atoms with Crippen LogP contribution in [-0.2, 0) is 9.59 Å². The van der Waals surface area contributed by atoms with Gasteiger partial charge in [0.2, 0.25) is 5.91 Å². The number of carbonyl (C=O) groups is 2. The topological polar surface area (TPSA) is 40.6 Å². The molecule has 2 amide bonds. The number of fused-ring (bicyclic) bond motifs is 1. The van der Waals surface area contributed by atoms with Gasteiger partial charge in [-0.15, -0.1) is 0 Å². The fourth-order valence-corrected chi connectivity index (χ4v) is 2.31. The molecule has 0 radical (unpaired) electrons. The largest absolute Gasteiger partial charge is 0.383 e. The first kappa shape index (κ1) is 14.3. The summed E-state index contributed by atoms with van der Waals surface area (Å²) in [5.74, 6) is -0.340. The normalized spacial score (nSPS) is 15.7. The molecule has 20 heavy (non-hydrogen) atoms. The summed E-state index contributed by atoms with van der Waals surface area (Å²) in [6, 6.07) is 7.45. The van der Waals surface area contributed by atoms with Crippen molar-refractivity contribution in [1.82, 2.24) is 4.90 Å². The third-order valence-corrected chi connectivity index (χ3v) is 3.25. The van der Waals surface area contributed by atoms with Gasteiger partial charge in [-0.25, -0.2) is 4.90 Å². The average Bonchev–Trinajstić information content (AvgIpc) is 2.69. The Morgan fingerprint density at radius 3 is 2.65 bits per heavy atom. The number of para-hydroxylation sites is 1. The van der Waals surface area contributed by atoms with Crippen LogP contribution in [-0.4, -0.2) is 30.8 Å². The number of anilines is 1. The molecule has 4 heteroatoms. The van der Waals surface area contributed by atoms with Crippen molar-refractivity contribution in [2.45, 2.75) is 26.2 Å². The van der Waals surface area contributed by atoms with E-state index in [1.807, 2.05) is 50.2 Å². The predicted octanol–water partition coefficient (Wildman–Crippen LogP) is 2.65. The fraction of sp³-hybridized carbons (Fsp3) is 0.375. The van der Waals surface area contributed by atoms with Crippen LogP contribution in [0.15, 0.2) is 30.5 Å². The van der Waals surface area contributed by atoms with Crippen molar-refractivity contribution < 1.29 is 9.59 Å². The van der Waals surface area contributed by atoms with Crippen LogP contribution in [0.3, 0.4) is 0 Å². The zero-order valence-corrected chi connectivity index (χ0v) is 12.2. The summed E-state index contributed by atoms with van der Waals surface area (Å²) >= 11 is 0. The molecule has 2 rings (SSSR count). The van der Waals surface area contributed by atoms with E-state index in [9.17, 15) is 9.59 Å². The molecule has 1 aromatic rings. The smallest absolute Gasteiger partial charge is 0.267 e. The monoisotopic (exact) mass is 272 g/mol. The zero-order chi connectivity index (χ0) is 14.7. The molecule has 0 N–H and O–H groups in total. The lowest BCUT2D eigenvalue weighted by Crippen LogP contribution is -2.33. The Morgan fingerprint density at radius 1 is 1.30 bits per heavy atom. The van der Waals surface area contributed by atoms with E-state index in [2.05, 4.69) is 0 Å². The van der Waals surface area contributed by atoms with Gasteiger partial charge in [0.05, 0.1) is 11.3 Å². The fourth-order valence-electron chi connectivity index (χ4n) is 2.31. The molecule has 1 aromatic carbocycles. The summed E-state index contributed by atoms with van der Waals surface area (Å²) in [5.41, 5.74) is 2.11. The van der Waals surface area contributed by atoms with Crippen LogP contribution in [0.1, 0.15) is 31.7 Å². The lowest BCUT2D eigenvalue weighted by molar-refractivity contribution is -0.123. The number of unbranched alkanes of at least 4 members (excludes halogenated alkanes) is 1. The number of benzene rings is 1. The van der Waals surface area contributed by atoms with Crippen molar-refractivity contribution >= 4 is 23.1 Å². The Bertz CT molecular complexity index is 561. The second-order valence-corrected chi connectivity index (χ2v) is 5.16. The first-order chi connectivity index (χ1) is 9.56. The molecular formula is C16H20N2O2. The number of nitrogens with zero attached hydrogens (tertiary/aromatic N) is 2. The van der Waals surface area contributed by atoms with Gasteiger partial charge >= 0.3 is 0 Å². The highest BCUT2D eigenvalue weighted by Crippen LogP contribution is 2.37. The highest BCUT2D eigenvalue weighted by Gasteiger charge is 2.35. The third-order valence-electron chi connectivity index (χ3n) is 3.25. The minimum Gasteiger partial charge on any atom is -0.383 e. The highest BCUT2D eigenvalue weighted by atomic mass is 16.2. The van der Waals surface area contributed by atoms with Crippen LogP contribution in [0.2, 0.25) is 0 Å². The highest BCUT2D eigenvalue weighted by molar-refractivity contribution is 6.39. The molecule has 106 valence electrons. The number of amides is 2. The lowest BCUT2D eigenvalue weighted by Gasteiger charge is -2.14. The number of hydrogen-bond donors (Lipinski definition) is 0. The second kappa shape index (κ2) is 5.90. The van der Waals surface area contributed by atoms with Crippen molar-refractivity contribution in [3.63, 3.8) is 0 Å². The van der Waals surface area contributed by atoms with Gasteiger partial charge in [-0.1, -0.05) is 31.5 Å². The molecule has 0 bridgehead atoms. The summed E-state index contributed by atoms with van der Waals surface area (Å²) in [4.78, 5) is 27.9. The number of carbonyl (C=O) groups excluding carboxylic acids is 2. The summed E-state index contributed by atoms with van der Waals surface area (Å²) < 4.78 is 0. The van der Waals surface area contributed by atoms with Gasteiger partial charge in [0.1, 0.15) is 0 Å². The standard InChI is InChI=1S/C16H20N2O2/c1-4-5-10-15(19)18-14-9-7-6-8-12(14)13(16(18)20)11-17(2)3/h6-9,11H,4-5,10H2,1-3H3/b13-11-. The Labute approximate surface area is 119 Å². The van der Waals surface area contributed by atoms with Gasteiger partial charge in [0.15, 0.2) is 0 Å². The van der Waals surface area contributed by atoms with Crippen molar-refractivity contribution in [1.29, 1.82) is 0 Å². The molecule has 0 unspecified atom stereocenters. The Balaban J connectivity index is 2.41. The van der Waals surface area contributed by atoms with E-state index in [0.29, 0.717) is 17.7 Å². The van der Waals surface area contributed by atoms with Crippen molar-refractivity contribution in [3.05, 3.63) is 36.0 Å². The van der Waals surface area contributed by atoms with E-state index < -0.39 is 0 Å². The van der Waals surface area contributed by atoms with Crippen LogP contribution in [0, 0.1) is 0 Å². The lowest BCUT2D eigenvalue weighted by atomic mass is 10.1. The molecule has 0 aromatic heterocycles. The predicted molar refractivity (Wildman–Crippen MR) is 80.1 cm³/mol. The van der Waals surface area contributed by atoms with E-state index in [0.717, 1.165) is 18.4 Å². The Morgan fingerprint density at radius 2 is 2.00 bits per heavy atom. The van der Waals surface area contributed by atoms with E-state index >= 15 is 0 Å². The summed E-state index contributed by atoms with van der Waals surface area (Å²) in [6.45, 7) is 2.03. The molecule has 4 nitrogen and oxygen atoms in total. The van der Waals surface area contributed by atoms with Gasteiger partial charge in [-0.05, 0) is 12.5 Å². The van der Waals surface area contributed by atoms with Gasteiger partial charge in [-0.3, -0.25) is 9.59 Å². The SMILES string of the molecule is CCCCC(=O)N1C(=O)/C(=C\N(C)C)c2ccccc21. The molecule has 0 fully saturated rings. The van der Waals surface area contributed by atoms with Gasteiger partial charge in [0, 0.05) is 32.3 Å². The minimum atomic E-state index is -0.221. The Hall–Kier alpha value is -2.10. The van der Waals surface area contributed by atoms with E-state index in [4.69, 9.17) is 0 Å². The number of rotatable bonds is 4. The summed E-state index contributed by atoms with van der Waals surface area (Å²) in [6.07, 6.45) is 3.92. The van der Waals surface area contributed by atoms with Crippen molar-refractivity contribution in [2.24, 2.45) is 0 Å². The van der Waals surface area contributed by atoms with Crippen LogP contribution >= 0.6 is 0 Å². The third kappa shape index (κ3) is 2.59. The molecule has 0 spiro atoms. The van der Waals surface area contributed by atoms with Crippen LogP contribution in [0.5, 0.6) is 0 Å². The van der Waals surface area contributed by atoms with E-state index in [1.54, 1.807) is 6.20 Å². The number of hydrogen-bond acceptors (Lipinski definition) is 3. The first-order valence-corrected chi connectivity index (χ1v) is 6.91. The van der Waals surface area contributed by atoms with Crippen molar-refractivity contribution in [3.8, 4) is 0 Å². The quantitative estimate of drug-likeness (QED) is 0.791. The molecular weight excluding hydrogens is 252 g/mol. The maximum Gasteiger partial charge on any atom is 0.267 e. The average molecular weight is 272 g/mol. The molecule has 0 atom stereocenters. The first-order valence-electron chi connectivity index (χ1n) is 6.91. The van der Waals surface area contributed by atoms with Gasteiger partial charge in [0.25, 0.3) is 5.91 Å². The summed E-state index contributed by atoms with van der Waals surface area (Å²) in [5, 5.41) is 0.